The average molecular weight is 512 g/mol. The number of aromatic nitrogens is 1. The van der Waals surface area contributed by atoms with Gasteiger partial charge in [0.1, 0.15) is 5.52 Å². The van der Waals surface area contributed by atoms with Gasteiger partial charge in [0.15, 0.2) is 5.58 Å². The molecule has 3 aromatic rings. The first-order valence-electron chi connectivity index (χ1n) is 11.0. The summed E-state index contributed by atoms with van der Waals surface area (Å²) in [5, 5.41) is 3.15. The van der Waals surface area contributed by atoms with Gasteiger partial charge in [-0.15, -0.1) is 0 Å². The van der Waals surface area contributed by atoms with E-state index < -0.39 is 0 Å². The maximum Gasteiger partial charge on any atom is 0.227 e. The molecule has 4 fully saturated rings. The molecule has 4 saturated carbocycles. The molecule has 2 aromatic carbocycles. The third kappa shape index (κ3) is 3.45. The minimum absolute atomic E-state index is 0.151. The Hall–Kier alpha value is -1.89. The van der Waals surface area contributed by atoms with E-state index in [-0.39, 0.29) is 11.3 Å². The lowest BCUT2D eigenvalue weighted by Gasteiger charge is -2.56. The first-order chi connectivity index (χ1) is 14.5. The summed E-state index contributed by atoms with van der Waals surface area (Å²) in [4.78, 5) is 17.6. The topological polar surface area (TPSA) is 55.1 Å². The van der Waals surface area contributed by atoms with Crippen molar-refractivity contribution >= 4 is 45.3 Å². The maximum absolute atomic E-state index is 12.9. The lowest BCUT2D eigenvalue weighted by molar-refractivity contribution is -0.124. The third-order valence-corrected chi connectivity index (χ3v) is 8.11. The molecular weight excluding hydrogens is 487 g/mol. The van der Waals surface area contributed by atoms with E-state index in [0.717, 1.165) is 43.7 Å². The van der Waals surface area contributed by atoms with Crippen molar-refractivity contribution in [2.75, 3.05) is 5.32 Å². The van der Waals surface area contributed by atoms with Gasteiger partial charge in [0, 0.05) is 21.2 Å². The quantitative estimate of drug-likeness (QED) is 0.399. The summed E-state index contributed by atoms with van der Waals surface area (Å²) in [7, 11) is 0. The molecule has 1 N–H and O–H groups in total. The summed E-state index contributed by atoms with van der Waals surface area (Å²) >= 11 is 2.29. The fourth-order valence-corrected chi connectivity index (χ4v) is 7.35. The van der Waals surface area contributed by atoms with Gasteiger partial charge in [-0.05, 0) is 121 Å². The molecule has 4 aliphatic rings. The zero-order chi connectivity index (χ0) is 20.3. The highest BCUT2D eigenvalue weighted by Gasteiger charge is 2.51. The van der Waals surface area contributed by atoms with E-state index >= 15 is 0 Å². The van der Waals surface area contributed by atoms with Gasteiger partial charge in [0.05, 0.1) is 0 Å². The van der Waals surface area contributed by atoms with Crippen LogP contribution in [0.4, 0.5) is 5.69 Å². The average Bonchev–Trinajstić information content (AvgIpc) is 3.10. The van der Waals surface area contributed by atoms with Gasteiger partial charge in [-0.3, -0.25) is 4.79 Å². The number of rotatable bonds is 4. The Balaban J connectivity index is 1.19. The van der Waals surface area contributed by atoms with Gasteiger partial charge < -0.3 is 9.73 Å². The first-order valence-corrected chi connectivity index (χ1v) is 12.1. The monoisotopic (exact) mass is 512 g/mol. The Morgan fingerprint density at radius 2 is 1.80 bits per heavy atom. The van der Waals surface area contributed by atoms with Crippen LogP contribution >= 0.6 is 22.6 Å². The number of carbonyl (C=O) groups is 1. The molecule has 154 valence electrons. The predicted octanol–water partition coefficient (Wildman–Crippen LogP) is 6.64. The van der Waals surface area contributed by atoms with Crippen LogP contribution in [-0.2, 0) is 4.79 Å². The number of amides is 1. The number of halogens is 1. The second kappa shape index (κ2) is 7.08. The number of nitrogens with one attached hydrogen (secondary N) is 1. The number of carbonyl (C=O) groups excluding carboxylic acids is 1. The third-order valence-electron chi connectivity index (χ3n) is 7.44. The number of benzene rings is 2. The summed E-state index contributed by atoms with van der Waals surface area (Å²) in [6, 6.07) is 13.9. The van der Waals surface area contributed by atoms with Crippen LogP contribution in [0.15, 0.2) is 46.9 Å². The Morgan fingerprint density at radius 1 is 1.07 bits per heavy atom. The van der Waals surface area contributed by atoms with Crippen LogP contribution in [0, 0.1) is 26.7 Å². The lowest BCUT2D eigenvalue weighted by Crippen LogP contribution is -2.47. The highest BCUT2D eigenvalue weighted by atomic mass is 127. The molecule has 0 unspecified atom stereocenters. The summed E-state index contributed by atoms with van der Waals surface area (Å²) in [6.07, 6.45) is 8.67. The summed E-state index contributed by atoms with van der Waals surface area (Å²) in [5.41, 5.74) is 3.54. The SMILES string of the molecule is O=C(CC12CC3CC(CC(C3)C1)C2)Nc1ccc2oc(-c3cccc(I)c3)nc2c1. The summed E-state index contributed by atoms with van der Waals surface area (Å²) < 4.78 is 7.08. The van der Waals surface area contributed by atoms with E-state index in [4.69, 9.17) is 4.42 Å². The molecule has 0 saturated heterocycles. The number of hydrogen-bond donors (Lipinski definition) is 1. The standard InChI is InChI=1S/C25H25IN2O2/c26-19-3-1-2-18(9-19)24-28-21-10-20(4-5-22(21)30-24)27-23(29)14-25-11-15-6-16(12-25)8-17(7-15)13-25/h1-5,9-10,15-17H,6-8,11-14H2,(H,27,29). The van der Waals surface area contributed by atoms with Crippen molar-refractivity contribution in [2.45, 2.75) is 44.9 Å². The molecule has 0 spiro atoms. The molecule has 1 heterocycles. The first kappa shape index (κ1) is 18.8. The highest BCUT2D eigenvalue weighted by Crippen LogP contribution is 2.61. The molecule has 7 rings (SSSR count). The molecule has 1 aromatic heterocycles. The molecule has 4 aliphatic carbocycles. The zero-order valence-corrected chi connectivity index (χ0v) is 19.0. The van der Waals surface area contributed by atoms with Crippen LogP contribution in [0.3, 0.4) is 0 Å². The molecule has 0 atom stereocenters. The maximum atomic E-state index is 12.9. The summed E-state index contributed by atoms with van der Waals surface area (Å²) in [6.45, 7) is 0. The van der Waals surface area contributed by atoms with Crippen LogP contribution in [0.2, 0.25) is 0 Å². The van der Waals surface area contributed by atoms with Gasteiger partial charge in [-0.1, -0.05) is 6.07 Å². The Labute approximate surface area is 190 Å². The van der Waals surface area contributed by atoms with E-state index in [0.29, 0.717) is 12.3 Å². The van der Waals surface area contributed by atoms with Crippen LogP contribution in [0.5, 0.6) is 0 Å². The number of oxazole rings is 1. The van der Waals surface area contributed by atoms with Crippen molar-refractivity contribution in [3.05, 3.63) is 46.0 Å². The molecule has 0 radical (unpaired) electrons. The smallest absolute Gasteiger partial charge is 0.227 e. The van der Waals surface area contributed by atoms with Gasteiger partial charge in [0.2, 0.25) is 11.8 Å². The minimum atomic E-state index is 0.151. The van der Waals surface area contributed by atoms with Crippen molar-refractivity contribution < 1.29 is 9.21 Å². The molecule has 4 nitrogen and oxygen atoms in total. The Kier molecular flexibility index (Phi) is 4.44. The normalized spacial score (nSPS) is 29.4. The van der Waals surface area contributed by atoms with Crippen molar-refractivity contribution in [1.82, 2.24) is 4.98 Å². The minimum Gasteiger partial charge on any atom is -0.436 e. The van der Waals surface area contributed by atoms with Gasteiger partial charge in [0.25, 0.3) is 0 Å². The lowest BCUT2D eigenvalue weighted by atomic mass is 9.49. The molecule has 1 amide bonds. The predicted molar refractivity (Wildman–Crippen MR) is 126 cm³/mol. The fourth-order valence-electron chi connectivity index (χ4n) is 6.80. The number of nitrogens with zero attached hydrogens (tertiary/aromatic N) is 1. The van der Waals surface area contributed by atoms with E-state index in [1.165, 1.54) is 38.5 Å². The van der Waals surface area contributed by atoms with Crippen molar-refractivity contribution in [3.8, 4) is 11.5 Å². The van der Waals surface area contributed by atoms with E-state index in [9.17, 15) is 4.79 Å². The van der Waals surface area contributed by atoms with E-state index in [1.54, 1.807) is 0 Å². The van der Waals surface area contributed by atoms with Gasteiger partial charge in [-0.2, -0.15) is 0 Å². The molecule has 30 heavy (non-hydrogen) atoms. The van der Waals surface area contributed by atoms with Crippen LogP contribution < -0.4 is 5.32 Å². The molecular formula is C25H25IN2O2. The fraction of sp³-hybridized carbons (Fsp3) is 0.440. The van der Waals surface area contributed by atoms with Crippen molar-refractivity contribution in [3.63, 3.8) is 0 Å². The molecule has 5 heteroatoms. The van der Waals surface area contributed by atoms with Crippen LogP contribution in [0.25, 0.3) is 22.6 Å². The van der Waals surface area contributed by atoms with Gasteiger partial charge in [-0.25, -0.2) is 4.98 Å². The molecule has 4 bridgehead atoms. The second-order valence-electron chi connectivity index (χ2n) is 9.85. The Bertz CT molecular complexity index is 1100. The van der Waals surface area contributed by atoms with E-state index in [1.807, 2.05) is 36.4 Å². The van der Waals surface area contributed by atoms with E-state index in [2.05, 4.69) is 39.0 Å². The Morgan fingerprint density at radius 3 is 2.50 bits per heavy atom. The summed E-state index contributed by atoms with van der Waals surface area (Å²) in [5.74, 6) is 3.37. The zero-order valence-electron chi connectivity index (χ0n) is 16.9. The largest absolute Gasteiger partial charge is 0.436 e. The highest BCUT2D eigenvalue weighted by molar-refractivity contribution is 14.1. The van der Waals surface area contributed by atoms with Crippen molar-refractivity contribution in [2.24, 2.45) is 23.2 Å². The number of anilines is 1. The van der Waals surface area contributed by atoms with Crippen LogP contribution in [0.1, 0.15) is 44.9 Å². The second-order valence-corrected chi connectivity index (χ2v) is 11.1. The number of hydrogen-bond acceptors (Lipinski definition) is 3. The molecule has 0 aliphatic heterocycles. The van der Waals surface area contributed by atoms with Crippen molar-refractivity contribution in [1.29, 1.82) is 0 Å². The van der Waals surface area contributed by atoms with Crippen LogP contribution in [-0.4, -0.2) is 10.9 Å². The van der Waals surface area contributed by atoms with Gasteiger partial charge >= 0.3 is 0 Å². The number of fused-ring (bicyclic) bond motifs is 1.